The Hall–Kier alpha value is -3.86. The summed E-state index contributed by atoms with van der Waals surface area (Å²) < 4.78 is 46.5. The van der Waals surface area contributed by atoms with Crippen molar-refractivity contribution in [2.75, 3.05) is 11.5 Å². The highest BCUT2D eigenvalue weighted by atomic mass is 32.2. The van der Waals surface area contributed by atoms with E-state index in [1.54, 1.807) is 27.7 Å². The third-order valence-corrected chi connectivity index (χ3v) is 7.77. The summed E-state index contributed by atoms with van der Waals surface area (Å²) in [6.07, 6.45) is 5.08. The van der Waals surface area contributed by atoms with Crippen LogP contribution >= 0.6 is 0 Å². The van der Waals surface area contributed by atoms with Gasteiger partial charge in [0.2, 0.25) is 5.71 Å². The monoisotopic (exact) mass is 478 g/mol. The number of rotatable bonds is 4. The highest BCUT2D eigenvalue weighted by Crippen LogP contribution is 2.38. The van der Waals surface area contributed by atoms with Crippen LogP contribution in [0.15, 0.2) is 53.5 Å². The molecule has 4 aromatic heterocycles. The van der Waals surface area contributed by atoms with Crippen LogP contribution in [0.1, 0.15) is 11.7 Å². The minimum Gasteiger partial charge on any atom is -0.437 e. The van der Waals surface area contributed by atoms with Crippen LogP contribution in [0.3, 0.4) is 0 Å². The first-order valence-corrected chi connectivity index (χ1v) is 12.4. The van der Waals surface area contributed by atoms with Gasteiger partial charge in [-0.3, -0.25) is 9.36 Å². The quantitative estimate of drug-likeness (QED) is 0.388. The molecule has 0 spiro atoms. The molecule has 0 saturated carbocycles. The SMILES string of the molecule is Cc1nn(C)cc1-c1cc2c(-c3cn(C4CS(=O)(=O)C4)nc3-c3ccc(F)cc3)ncnc2o1. The molecule has 0 N–H and O–H groups in total. The molecule has 34 heavy (non-hydrogen) atoms. The molecule has 9 nitrogen and oxygen atoms in total. The van der Waals surface area contributed by atoms with Gasteiger partial charge in [-0.2, -0.15) is 10.2 Å². The van der Waals surface area contributed by atoms with Crippen molar-refractivity contribution in [1.82, 2.24) is 29.5 Å². The molecule has 0 aliphatic carbocycles. The summed E-state index contributed by atoms with van der Waals surface area (Å²) in [5.41, 5.74) is 4.61. The summed E-state index contributed by atoms with van der Waals surface area (Å²) >= 11 is 0. The number of hydrogen-bond donors (Lipinski definition) is 0. The molecule has 0 bridgehead atoms. The third-order valence-electron chi connectivity index (χ3n) is 5.98. The molecule has 1 aliphatic heterocycles. The Balaban J connectivity index is 1.53. The lowest BCUT2D eigenvalue weighted by Gasteiger charge is -2.25. The number of aryl methyl sites for hydroxylation is 2. The van der Waals surface area contributed by atoms with Gasteiger partial charge in [0.1, 0.15) is 23.6 Å². The zero-order chi connectivity index (χ0) is 23.6. The molecular formula is C23H19FN6O3S. The van der Waals surface area contributed by atoms with Gasteiger partial charge in [-0.05, 0) is 37.3 Å². The zero-order valence-corrected chi connectivity index (χ0v) is 19.1. The van der Waals surface area contributed by atoms with E-state index in [0.717, 1.165) is 11.3 Å². The molecule has 11 heteroatoms. The minimum absolute atomic E-state index is 0.0340. The van der Waals surface area contributed by atoms with Crippen molar-refractivity contribution in [3.8, 4) is 33.8 Å². The number of aromatic nitrogens is 6. The summed E-state index contributed by atoms with van der Waals surface area (Å²) in [6, 6.07) is 7.62. The number of nitrogens with zero attached hydrogens (tertiary/aromatic N) is 6. The molecule has 1 aliphatic rings. The number of sulfone groups is 1. The molecular weight excluding hydrogens is 459 g/mol. The topological polar surface area (TPSA) is 109 Å². The van der Waals surface area contributed by atoms with E-state index in [-0.39, 0.29) is 23.4 Å². The van der Waals surface area contributed by atoms with Crippen LogP contribution in [0.4, 0.5) is 4.39 Å². The van der Waals surface area contributed by atoms with Gasteiger partial charge >= 0.3 is 0 Å². The Bertz CT molecular complexity index is 1650. The summed E-state index contributed by atoms with van der Waals surface area (Å²) in [5.74, 6) is 0.326. The van der Waals surface area contributed by atoms with Crippen molar-refractivity contribution in [3.63, 3.8) is 0 Å². The fourth-order valence-corrected chi connectivity index (χ4v) is 5.69. The molecule has 172 valence electrons. The average Bonchev–Trinajstić information content (AvgIpc) is 3.48. The number of hydrogen-bond acceptors (Lipinski definition) is 7. The molecule has 6 rings (SSSR count). The lowest BCUT2D eigenvalue weighted by Crippen LogP contribution is -2.38. The molecule has 0 amide bonds. The highest BCUT2D eigenvalue weighted by molar-refractivity contribution is 7.92. The molecule has 0 atom stereocenters. The van der Waals surface area contributed by atoms with E-state index in [1.807, 2.05) is 26.2 Å². The molecule has 5 aromatic rings. The first-order valence-electron chi connectivity index (χ1n) is 10.6. The van der Waals surface area contributed by atoms with Crippen LogP contribution in [-0.4, -0.2) is 49.5 Å². The Morgan fingerprint density at radius 3 is 2.47 bits per heavy atom. The molecule has 1 aromatic carbocycles. The van der Waals surface area contributed by atoms with E-state index >= 15 is 0 Å². The van der Waals surface area contributed by atoms with Crippen molar-refractivity contribution < 1.29 is 17.2 Å². The van der Waals surface area contributed by atoms with Crippen molar-refractivity contribution in [2.24, 2.45) is 7.05 Å². The van der Waals surface area contributed by atoms with Crippen LogP contribution in [-0.2, 0) is 16.9 Å². The Labute approximate surface area is 193 Å². The predicted octanol–water partition coefficient (Wildman–Crippen LogP) is 3.57. The fourth-order valence-electron chi connectivity index (χ4n) is 4.31. The molecule has 0 radical (unpaired) electrons. The summed E-state index contributed by atoms with van der Waals surface area (Å²) in [6.45, 7) is 1.90. The van der Waals surface area contributed by atoms with Crippen LogP contribution in [0.5, 0.6) is 0 Å². The van der Waals surface area contributed by atoms with Gasteiger partial charge in [0, 0.05) is 30.6 Å². The lowest BCUT2D eigenvalue weighted by molar-refractivity contribution is 0.474. The maximum atomic E-state index is 13.6. The van der Waals surface area contributed by atoms with Gasteiger partial charge in [0.05, 0.1) is 39.9 Å². The Morgan fingerprint density at radius 2 is 1.79 bits per heavy atom. The first-order chi connectivity index (χ1) is 16.3. The maximum absolute atomic E-state index is 13.6. The van der Waals surface area contributed by atoms with Crippen LogP contribution < -0.4 is 0 Å². The second kappa shape index (κ2) is 7.32. The van der Waals surface area contributed by atoms with Crippen LogP contribution in [0.2, 0.25) is 0 Å². The van der Waals surface area contributed by atoms with Gasteiger partial charge in [0.15, 0.2) is 9.84 Å². The smallest absolute Gasteiger partial charge is 0.230 e. The Morgan fingerprint density at radius 1 is 1.03 bits per heavy atom. The van der Waals surface area contributed by atoms with E-state index in [4.69, 9.17) is 4.42 Å². The van der Waals surface area contributed by atoms with Crippen molar-refractivity contribution in [3.05, 3.63) is 60.6 Å². The summed E-state index contributed by atoms with van der Waals surface area (Å²) in [5, 5.41) is 9.75. The number of fused-ring (bicyclic) bond motifs is 1. The van der Waals surface area contributed by atoms with Gasteiger partial charge in [-0.1, -0.05) is 0 Å². The molecule has 1 fully saturated rings. The molecule has 5 heterocycles. The molecule has 1 saturated heterocycles. The zero-order valence-electron chi connectivity index (χ0n) is 18.3. The first kappa shape index (κ1) is 20.7. The van der Waals surface area contributed by atoms with E-state index in [0.29, 0.717) is 39.4 Å². The van der Waals surface area contributed by atoms with Gasteiger partial charge in [0.25, 0.3) is 0 Å². The fraction of sp³-hybridized carbons (Fsp3) is 0.217. The third kappa shape index (κ3) is 3.39. The normalized spacial score (nSPS) is 15.6. The number of furan rings is 1. The van der Waals surface area contributed by atoms with E-state index < -0.39 is 9.84 Å². The second-order valence-corrected chi connectivity index (χ2v) is 10.6. The van der Waals surface area contributed by atoms with Gasteiger partial charge in [-0.15, -0.1) is 0 Å². The highest BCUT2D eigenvalue weighted by Gasteiger charge is 2.36. The minimum atomic E-state index is -3.04. The van der Waals surface area contributed by atoms with Crippen molar-refractivity contribution >= 4 is 20.9 Å². The van der Waals surface area contributed by atoms with Crippen LogP contribution in [0, 0.1) is 12.7 Å². The van der Waals surface area contributed by atoms with E-state index in [2.05, 4.69) is 20.2 Å². The predicted molar refractivity (Wildman–Crippen MR) is 123 cm³/mol. The van der Waals surface area contributed by atoms with Gasteiger partial charge in [-0.25, -0.2) is 22.8 Å². The average molecular weight is 479 g/mol. The second-order valence-electron chi connectivity index (χ2n) is 8.46. The standard InChI is InChI=1S/C23H19FN6O3S/c1-13-18(8-29(2)27-13)20-7-17-22(25-12-26-23(17)33-20)19-9-30(16-10-34(31,32)11-16)28-21(19)14-3-5-15(24)6-4-14/h3-9,12,16H,10-11H2,1-2H3. The van der Waals surface area contributed by atoms with Crippen molar-refractivity contribution in [1.29, 1.82) is 0 Å². The van der Waals surface area contributed by atoms with Crippen molar-refractivity contribution in [2.45, 2.75) is 13.0 Å². The van der Waals surface area contributed by atoms with Crippen LogP contribution in [0.25, 0.3) is 44.9 Å². The van der Waals surface area contributed by atoms with Gasteiger partial charge < -0.3 is 4.42 Å². The summed E-state index contributed by atoms with van der Waals surface area (Å²) in [4.78, 5) is 8.81. The maximum Gasteiger partial charge on any atom is 0.230 e. The number of benzene rings is 1. The van der Waals surface area contributed by atoms with E-state index in [1.165, 1.54) is 18.5 Å². The number of halogens is 1. The molecule has 0 unspecified atom stereocenters. The Kier molecular flexibility index (Phi) is 4.46. The van der Waals surface area contributed by atoms with E-state index in [9.17, 15) is 12.8 Å². The largest absolute Gasteiger partial charge is 0.437 e. The lowest BCUT2D eigenvalue weighted by atomic mass is 10.0. The summed E-state index contributed by atoms with van der Waals surface area (Å²) in [7, 11) is -1.20.